The molecule has 0 aliphatic rings. The Kier molecular flexibility index (Phi) is 6.51. The van der Waals surface area contributed by atoms with Gasteiger partial charge < -0.3 is 20.4 Å². The molecular weight excluding hydrogens is 460 g/mol. The zero-order valence-electron chi connectivity index (χ0n) is 21.4. The molecule has 5 aromatic rings. The molecule has 1 aromatic heterocycles. The predicted molar refractivity (Wildman–Crippen MR) is 154 cm³/mol. The lowest BCUT2D eigenvalue weighted by Gasteiger charge is -2.13. The van der Waals surface area contributed by atoms with Crippen molar-refractivity contribution in [1.29, 1.82) is 0 Å². The Bertz CT molecular complexity index is 1520. The molecule has 0 bridgehead atoms. The second kappa shape index (κ2) is 10.1. The van der Waals surface area contributed by atoms with Gasteiger partial charge >= 0.3 is 0 Å². The van der Waals surface area contributed by atoms with E-state index in [1.54, 1.807) is 0 Å². The summed E-state index contributed by atoms with van der Waals surface area (Å²) in [6.45, 7) is 0. The number of benzene rings is 4. The molecule has 186 valence electrons. The van der Waals surface area contributed by atoms with Crippen LogP contribution in [0, 0.1) is 0 Å². The summed E-state index contributed by atoms with van der Waals surface area (Å²) in [4.78, 5) is 16.8. The lowest BCUT2D eigenvalue weighted by Crippen LogP contribution is -2.13. The minimum Gasteiger partial charge on any atom is -0.378 e. The van der Waals surface area contributed by atoms with E-state index in [1.807, 2.05) is 111 Å². The smallest absolute Gasteiger partial charge is 0.255 e. The lowest BCUT2D eigenvalue weighted by atomic mass is 10.1. The summed E-state index contributed by atoms with van der Waals surface area (Å²) < 4.78 is 1.90. The van der Waals surface area contributed by atoms with Gasteiger partial charge in [-0.3, -0.25) is 4.79 Å². The van der Waals surface area contributed by atoms with Crippen molar-refractivity contribution in [2.75, 3.05) is 48.6 Å². The van der Waals surface area contributed by atoms with E-state index >= 15 is 0 Å². The van der Waals surface area contributed by atoms with Gasteiger partial charge in [0.05, 0.1) is 17.4 Å². The van der Waals surface area contributed by atoms with Crippen molar-refractivity contribution in [3.8, 4) is 5.69 Å². The molecule has 0 radical (unpaired) electrons. The predicted octanol–water partition coefficient (Wildman–Crippen LogP) is 6.15. The minimum absolute atomic E-state index is 0.142. The summed E-state index contributed by atoms with van der Waals surface area (Å²) in [6.07, 6.45) is 1.81. The van der Waals surface area contributed by atoms with Crippen LogP contribution in [0.5, 0.6) is 0 Å². The van der Waals surface area contributed by atoms with Crippen LogP contribution in [0.3, 0.4) is 0 Å². The van der Waals surface area contributed by atoms with Gasteiger partial charge in [-0.1, -0.05) is 0 Å². The summed E-state index contributed by atoms with van der Waals surface area (Å²) in [5.41, 5.74) is 7.51. The monoisotopic (exact) mass is 490 g/mol. The number of carbonyl (C=O) groups excluding carboxylic acids is 1. The molecule has 37 heavy (non-hydrogen) atoms. The zero-order valence-corrected chi connectivity index (χ0v) is 21.4. The molecule has 7 heteroatoms. The van der Waals surface area contributed by atoms with E-state index in [0.29, 0.717) is 5.56 Å². The second-order valence-corrected chi connectivity index (χ2v) is 9.34. The molecular formula is C30H30N6O. The third kappa shape index (κ3) is 5.26. The fourth-order valence-electron chi connectivity index (χ4n) is 4.13. The molecule has 0 unspecified atom stereocenters. The van der Waals surface area contributed by atoms with Gasteiger partial charge in [0.15, 0.2) is 0 Å². The van der Waals surface area contributed by atoms with Crippen molar-refractivity contribution in [2.45, 2.75) is 0 Å². The number of anilines is 5. The average Bonchev–Trinajstić information content (AvgIpc) is 3.33. The maximum Gasteiger partial charge on any atom is 0.255 e. The molecule has 2 N–H and O–H groups in total. The third-order valence-electron chi connectivity index (χ3n) is 6.26. The largest absolute Gasteiger partial charge is 0.378 e. The summed E-state index contributed by atoms with van der Waals surface area (Å²) in [5, 5.41) is 12.0. The van der Waals surface area contributed by atoms with Crippen molar-refractivity contribution in [3.63, 3.8) is 0 Å². The van der Waals surface area contributed by atoms with Crippen molar-refractivity contribution in [1.82, 2.24) is 9.78 Å². The standard InChI is InChI=1S/C30H30N6O/c1-34(2)26-12-5-21(6-13-26)30(37)33-25-11-18-29-22(19-25)20-31-36(29)28-16-9-24(10-17-28)32-23-7-14-27(15-8-23)35(3)4/h5-20,32H,1-4H3,(H,33,37). The molecule has 5 rings (SSSR count). The molecule has 1 heterocycles. The maximum absolute atomic E-state index is 12.7. The fraction of sp³-hybridized carbons (Fsp3) is 0.133. The van der Waals surface area contributed by atoms with Crippen LogP contribution in [0.15, 0.2) is 97.2 Å². The van der Waals surface area contributed by atoms with E-state index in [4.69, 9.17) is 0 Å². The van der Waals surface area contributed by atoms with Crippen LogP contribution in [0.1, 0.15) is 10.4 Å². The summed E-state index contributed by atoms with van der Waals surface area (Å²) >= 11 is 0. The number of fused-ring (bicyclic) bond motifs is 1. The Hall–Kier alpha value is -4.78. The number of hydrogen-bond acceptors (Lipinski definition) is 5. The van der Waals surface area contributed by atoms with Gasteiger partial charge in [0, 0.05) is 67.6 Å². The van der Waals surface area contributed by atoms with E-state index in [1.165, 1.54) is 0 Å². The highest BCUT2D eigenvalue weighted by Crippen LogP contribution is 2.25. The van der Waals surface area contributed by atoms with Gasteiger partial charge in [0.2, 0.25) is 0 Å². The van der Waals surface area contributed by atoms with Gasteiger partial charge in [-0.15, -0.1) is 0 Å². The van der Waals surface area contributed by atoms with Gasteiger partial charge in [-0.25, -0.2) is 4.68 Å². The van der Waals surface area contributed by atoms with Crippen LogP contribution in [-0.4, -0.2) is 43.9 Å². The van der Waals surface area contributed by atoms with Gasteiger partial charge in [-0.05, 0) is 91.0 Å². The van der Waals surface area contributed by atoms with E-state index in [-0.39, 0.29) is 5.91 Å². The molecule has 7 nitrogen and oxygen atoms in total. The molecule has 4 aromatic carbocycles. The van der Waals surface area contributed by atoms with Crippen LogP contribution in [-0.2, 0) is 0 Å². The van der Waals surface area contributed by atoms with Gasteiger partial charge in [0.1, 0.15) is 0 Å². The molecule has 0 atom stereocenters. The van der Waals surface area contributed by atoms with Crippen LogP contribution < -0.4 is 20.4 Å². The van der Waals surface area contributed by atoms with E-state index < -0.39 is 0 Å². The molecule has 1 amide bonds. The Balaban J connectivity index is 1.29. The summed E-state index contributed by atoms with van der Waals surface area (Å²) in [6, 6.07) is 29.8. The molecule has 0 aliphatic carbocycles. The van der Waals surface area contributed by atoms with Gasteiger partial charge in [0.25, 0.3) is 5.91 Å². The number of nitrogens with one attached hydrogen (secondary N) is 2. The number of amides is 1. The summed E-state index contributed by atoms with van der Waals surface area (Å²) in [5.74, 6) is -0.142. The number of carbonyl (C=O) groups is 1. The lowest BCUT2D eigenvalue weighted by molar-refractivity contribution is 0.102. The minimum atomic E-state index is -0.142. The molecule has 0 fully saturated rings. The van der Waals surface area contributed by atoms with Crippen LogP contribution >= 0.6 is 0 Å². The van der Waals surface area contributed by atoms with Crippen molar-refractivity contribution >= 4 is 45.2 Å². The highest BCUT2D eigenvalue weighted by molar-refractivity contribution is 6.05. The first-order valence-corrected chi connectivity index (χ1v) is 12.1. The number of aromatic nitrogens is 2. The quantitative estimate of drug-likeness (QED) is 0.286. The average molecular weight is 491 g/mol. The number of hydrogen-bond donors (Lipinski definition) is 2. The van der Waals surface area contributed by atoms with Crippen LogP contribution in [0.4, 0.5) is 28.4 Å². The number of nitrogens with zero attached hydrogens (tertiary/aromatic N) is 4. The first-order valence-electron chi connectivity index (χ1n) is 12.1. The number of rotatable bonds is 7. The van der Waals surface area contributed by atoms with Gasteiger partial charge in [-0.2, -0.15) is 5.10 Å². The topological polar surface area (TPSA) is 65.4 Å². The Morgan fingerprint density at radius 2 is 1.24 bits per heavy atom. The highest BCUT2D eigenvalue weighted by Gasteiger charge is 2.10. The first-order chi connectivity index (χ1) is 17.9. The Morgan fingerprint density at radius 3 is 1.84 bits per heavy atom. The van der Waals surface area contributed by atoms with Crippen LogP contribution in [0.25, 0.3) is 16.6 Å². The maximum atomic E-state index is 12.7. The SMILES string of the molecule is CN(C)c1ccc(Nc2ccc(-n3ncc4cc(NC(=O)c5ccc(N(C)C)cc5)ccc43)cc2)cc1. The van der Waals surface area contributed by atoms with Crippen molar-refractivity contribution in [2.24, 2.45) is 0 Å². The van der Waals surface area contributed by atoms with Crippen molar-refractivity contribution < 1.29 is 4.79 Å². The highest BCUT2D eigenvalue weighted by atomic mass is 16.1. The fourth-order valence-corrected chi connectivity index (χ4v) is 4.13. The molecule has 0 saturated carbocycles. The zero-order chi connectivity index (χ0) is 25.9. The molecule has 0 aliphatic heterocycles. The van der Waals surface area contributed by atoms with E-state index in [2.05, 4.69) is 44.9 Å². The molecule has 0 spiro atoms. The summed E-state index contributed by atoms with van der Waals surface area (Å²) in [7, 11) is 8.01. The Morgan fingerprint density at radius 1 is 0.703 bits per heavy atom. The third-order valence-corrected chi connectivity index (χ3v) is 6.26. The second-order valence-electron chi connectivity index (χ2n) is 9.34. The molecule has 0 saturated heterocycles. The van der Waals surface area contributed by atoms with E-state index in [0.717, 1.165) is 45.0 Å². The van der Waals surface area contributed by atoms with E-state index in [9.17, 15) is 4.79 Å². The van der Waals surface area contributed by atoms with Crippen LogP contribution in [0.2, 0.25) is 0 Å². The van der Waals surface area contributed by atoms with Crippen molar-refractivity contribution in [3.05, 3.63) is 103 Å². The Labute approximate surface area is 216 Å². The first kappa shape index (κ1) is 23.9. The normalized spacial score (nSPS) is 10.8.